The number of hydrogen-bond donors (Lipinski definition) is 1. The van der Waals surface area contributed by atoms with Crippen LogP contribution in [-0.2, 0) is 19.6 Å². The Kier molecular flexibility index (Phi) is 7.95. The molecule has 3 rings (SSSR count). The van der Waals surface area contributed by atoms with Crippen molar-refractivity contribution in [2.24, 2.45) is 0 Å². The van der Waals surface area contributed by atoms with Crippen molar-refractivity contribution < 1.29 is 14.6 Å². The third kappa shape index (κ3) is 6.43. The number of aryl methyl sites for hydroxylation is 1. The predicted molar refractivity (Wildman–Crippen MR) is 113 cm³/mol. The van der Waals surface area contributed by atoms with Gasteiger partial charge in [0.1, 0.15) is 24.7 Å². The topological polar surface area (TPSA) is 38.7 Å². The zero-order valence-electron chi connectivity index (χ0n) is 16.2. The van der Waals surface area contributed by atoms with E-state index >= 15 is 0 Å². The minimum Gasteiger partial charge on any atom is -0.489 e. The molecule has 3 aromatic carbocycles. The van der Waals surface area contributed by atoms with E-state index in [1.807, 2.05) is 48.5 Å². The summed E-state index contributed by atoms with van der Waals surface area (Å²) in [5.41, 5.74) is 3.47. The van der Waals surface area contributed by atoms with Gasteiger partial charge in [0.05, 0.1) is 0 Å². The van der Waals surface area contributed by atoms with Crippen LogP contribution in [0.3, 0.4) is 0 Å². The third-order valence-electron chi connectivity index (χ3n) is 4.63. The fourth-order valence-corrected chi connectivity index (χ4v) is 3.05. The summed E-state index contributed by atoms with van der Waals surface area (Å²) in [5.74, 6) is 1.68. The maximum Gasteiger partial charge on any atom is 0.126 e. The summed E-state index contributed by atoms with van der Waals surface area (Å²) in [6, 6.07) is 26.4. The predicted octanol–water partition coefficient (Wildman–Crippen LogP) is 5.55. The quantitative estimate of drug-likeness (QED) is 0.446. The van der Waals surface area contributed by atoms with Gasteiger partial charge in [-0.15, -0.1) is 0 Å². The first-order valence-electron chi connectivity index (χ1n) is 9.92. The van der Waals surface area contributed by atoms with Gasteiger partial charge in [0.15, 0.2) is 0 Å². The number of aliphatic hydroxyl groups is 1. The second-order valence-corrected chi connectivity index (χ2v) is 6.85. The van der Waals surface area contributed by atoms with E-state index in [0.717, 1.165) is 48.3 Å². The van der Waals surface area contributed by atoms with Gasteiger partial charge >= 0.3 is 0 Å². The van der Waals surface area contributed by atoms with Gasteiger partial charge in [0.2, 0.25) is 0 Å². The molecular weight excluding hydrogens is 348 g/mol. The monoisotopic (exact) mass is 376 g/mol. The van der Waals surface area contributed by atoms with E-state index in [9.17, 15) is 0 Å². The largest absolute Gasteiger partial charge is 0.489 e. The molecule has 0 aliphatic heterocycles. The zero-order chi connectivity index (χ0) is 19.4. The number of hydrogen-bond acceptors (Lipinski definition) is 3. The number of benzene rings is 3. The lowest BCUT2D eigenvalue weighted by Crippen LogP contribution is -2.01. The second kappa shape index (κ2) is 11.2. The third-order valence-corrected chi connectivity index (χ3v) is 4.63. The zero-order valence-corrected chi connectivity index (χ0v) is 16.2. The molecule has 0 saturated carbocycles. The van der Waals surface area contributed by atoms with Gasteiger partial charge in [-0.1, -0.05) is 73.2 Å². The van der Waals surface area contributed by atoms with Crippen LogP contribution in [0.1, 0.15) is 36.0 Å². The molecule has 1 N–H and O–H groups in total. The molecule has 0 heterocycles. The number of rotatable bonds is 11. The first kappa shape index (κ1) is 20.0. The average molecular weight is 376 g/mol. The van der Waals surface area contributed by atoms with Gasteiger partial charge in [-0.25, -0.2) is 0 Å². The van der Waals surface area contributed by atoms with Crippen molar-refractivity contribution in [3.8, 4) is 11.5 Å². The summed E-state index contributed by atoms with van der Waals surface area (Å²) in [6.45, 7) is 1.32. The van der Waals surface area contributed by atoms with E-state index in [1.54, 1.807) is 0 Å². The Morgan fingerprint density at radius 1 is 0.643 bits per heavy atom. The minimum absolute atomic E-state index is 0.254. The van der Waals surface area contributed by atoms with Crippen molar-refractivity contribution >= 4 is 0 Å². The van der Waals surface area contributed by atoms with Crippen LogP contribution in [0.15, 0.2) is 78.9 Å². The van der Waals surface area contributed by atoms with Crippen molar-refractivity contribution in [2.45, 2.75) is 38.9 Å². The molecule has 0 aromatic heterocycles. The van der Waals surface area contributed by atoms with Crippen LogP contribution >= 0.6 is 0 Å². The summed E-state index contributed by atoms with van der Waals surface area (Å²) in [7, 11) is 0. The van der Waals surface area contributed by atoms with Crippen molar-refractivity contribution in [1.82, 2.24) is 0 Å². The van der Waals surface area contributed by atoms with E-state index in [4.69, 9.17) is 14.6 Å². The number of aliphatic hydroxyl groups excluding tert-OH is 1. The van der Waals surface area contributed by atoms with E-state index in [0.29, 0.717) is 13.2 Å². The van der Waals surface area contributed by atoms with Gasteiger partial charge in [-0.3, -0.25) is 0 Å². The maximum atomic E-state index is 8.98. The molecule has 3 aromatic rings. The highest BCUT2D eigenvalue weighted by Crippen LogP contribution is 2.28. The van der Waals surface area contributed by atoms with Crippen LogP contribution in [0.25, 0.3) is 0 Å². The molecule has 3 heteroatoms. The highest BCUT2D eigenvalue weighted by molar-refractivity contribution is 5.41. The molecule has 0 aliphatic carbocycles. The lowest BCUT2D eigenvalue weighted by atomic mass is 10.1. The molecule has 0 unspecified atom stereocenters. The van der Waals surface area contributed by atoms with Crippen molar-refractivity contribution in [3.05, 3.63) is 95.6 Å². The molecule has 0 saturated heterocycles. The highest BCUT2D eigenvalue weighted by atomic mass is 16.5. The lowest BCUT2D eigenvalue weighted by Gasteiger charge is -2.14. The molecule has 0 spiro atoms. The van der Waals surface area contributed by atoms with E-state index in [1.165, 1.54) is 5.56 Å². The Bertz CT molecular complexity index is 816. The molecule has 28 heavy (non-hydrogen) atoms. The Morgan fingerprint density at radius 2 is 1.29 bits per heavy atom. The Labute approximate surface area is 167 Å². The molecule has 3 nitrogen and oxygen atoms in total. The molecule has 146 valence electrons. The molecule has 0 fully saturated rings. The summed E-state index contributed by atoms with van der Waals surface area (Å²) in [4.78, 5) is 0. The van der Waals surface area contributed by atoms with Crippen LogP contribution in [0.2, 0.25) is 0 Å². The van der Waals surface area contributed by atoms with Crippen molar-refractivity contribution in [3.63, 3.8) is 0 Å². The first-order chi connectivity index (χ1) is 13.8. The van der Waals surface area contributed by atoms with Gasteiger partial charge < -0.3 is 14.6 Å². The molecule has 0 atom stereocenters. The summed E-state index contributed by atoms with van der Waals surface area (Å²) in [5, 5.41) is 8.98. The summed E-state index contributed by atoms with van der Waals surface area (Å²) in [6.07, 6.45) is 3.83. The van der Waals surface area contributed by atoms with E-state index in [-0.39, 0.29) is 6.61 Å². The van der Waals surface area contributed by atoms with Crippen LogP contribution in [0, 0.1) is 0 Å². The summed E-state index contributed by atoms with van der Waals surface area (Å²) >= 11 is 0. The van der Waals surface area contributed by atoms with Gasteiger partial charge in [-0.2, -0.15) is 0 Å². The molecular formula is C25H28O3. The SMILES string of the molecule is OCCCCCc1ccc(OCc2ccccc2)cc1OCc1ccccc1. The molecule has 0 radical (unpaired) electrons. The lowest BCUT2D eigenvalue weighted by molar-refractivity contribution is 0.281. The van der Waals surface area contributed by atoms with Crippen molar-refractivity contribution in [1.29, 1.82) is 0 Å². The van der Waals surface area contributed by atoms with Crippen LogP contribution in [0.4, 0.5) is 0 Å². The second-order valence-electron chi connectivity index (χ2n) is 6.85. The summed E-state index contributed by atoms with van der Waals surface area (Å²) < 4.78 is 12.1. The normalized spacial score (nSPS) is 10.6. The standard InChI is InChI=1S/C25H28O3/c26-17-9-3-8-14-23-15-16-24(27-19-21-10-4-1-5-11-21)18-25(23)28-20-22-12-6-2-7-13-22/h1-2,4-7,10-13,15-16,18,26H,3,8-9,14,17,19-20H2. The first-order valence-corrected chi connectivity index (χ1v) is 9.92. The molecule has 0 amide bonds. The fraction of sp³-hybridized carbons (Fsp3) is 0.280. The van der Waals surface area contributed by atoms with E-state index in [2.05, 4.69) is 30.3 Å². The smallest absolute Gasteiger partial charge is 0.126 e. The fourth-order valence-electron chi connectivity index (χ4n) is 3.05. The van der Waals surface area contributed by atoms with Crippen LogP contribution in [0.5, 0.6) is 11.5 Å². The highest BCUT2D eigenvalue weighted by Gasteiger charge is 2.08. The van der Waals surface area contributed by atoms with Crippen LogP contribution < -0.4 is 9.47 Å². The van der Waals surface area contributed by atoms with Gasteiger partial charge in [-0.05, 0) is 42.0 Å². The van der Waals surface area contributed by atoms with Gasteiger partial charge in [0, 0.05) is 12.7 Å². The molecule has 0 aliphatic rings. The van der Waals surface area contributed by atoms with Crippen LogP contribution in [-0.4, -0.2) is 11.7 Å². The van der Waals surface area contributed by atoms with Gasteiger partial charge in [0.25, 0.3) is 0 Å². The number of unbranched alkanes of at least 4 members (excludes halogenated alkanes) is 2. The number of ether oxygens (including phenoxy) is 2. The average Bonchev–Trinajstić information content (AvgIpc) is 2.76. The minimum atomic E-state index is 0.254. The maximum absolute atomic E-state index is 8.98. The Hall–Kier alpha value is -2.78. The molecule has 0 bridgehead atoms. The Morgan fingerprint density at radius 3 is 1.93 bits per heavy atom. The Balaban J connectivity index is 1.67. The van der Waals surface area contributed by atoms with Crippen molar-refractivity contribution in [2.75, 3.05) is 6.61 Å². The van der Waals surface area contributed by atoms with E-state index < -0.39 is 0 Å².